The number of benzene rings is 1. The van der Waals surface area contributed by atoms with Gasteiger partial charge in [-0.15, -0.1) is 5.10 Å². The number of aromatic amines is 1. The zero-order valence-electron chi connectivity index (χ0n) is 14.0. The van der Waals surface area contributed by atoms with Crippen LogP contribution in [0.15, 0.2) is 73.1 Å². The van der Waals surface area contributed by atoms with Crippen LogP contribution in [0.1, 0.15) is 10.4 Å². The molecular weight excluding hydrogens is 344 g/mol. The minimum atomic E-state index is -0.375. The second-order valence-electron chi connectivity index (χ2n) is 5.48. The first-order valence-corrected chi connectivity index (χ1v) is 8.12. The predicted octanol–water partition coefficient (Wildman–Crippen LogP) is 3.31. The summed E-state index contributed by atoms with van der Waals surface area (Å²) in [4.78, 5) is 24.9. The van der Waals surface area contributed by atoms with E-state index in [4.69, 9.17) is 4.74 Å². The number of aromatic nitrogens is 5. The molecule has 0 atom stereocenters. The van der Waals surface area contributed by atoms with E-state index in [1.54, 1.807) is 30.5 Å². The van der Waals surface area contributed by atoms with Gasteiger partial charge < -0.3 is 4.74 Å². The van der Waals surface area contributed by atoms with Gasteiger partial charge in [0.15, 0.2) is 5.82 Å². The first kappa shape index (κ1) is 16.4. The minimum absolute atomic E-state index is 0.158. The van der Waals surface area contributed by atoms with Crippen LogP contribution in [-0.4, -0.2) is 31.1 Å². The topological polar surface area (TPSA) is 106 Å². The smallest absolute Gasteiger partial charge is 0.259 e. The van der Waals surface area contributed by atoms with Crippen molar-refractivity contribution in [1.29, 1.82) is 0 Å². The number of amides is 1. The van der Waals surface area contributed by atoms with Gasteiger partial charge in [0, 0.05) is 18.5 Å². The third-order valence-electron chi connectivity index (χ3n) is 3.58. The highest BCUT2D eigenvalue weighted by Gasteiger charge is 2.12. The molecule has 0 bridgehead atoms. The molecule has 8 heteroatoms. The fourth-order valence-corrected chi connectivity index (χ4v) is 2.29. The molecule has 0 radical (unpaired) electrons. The van der Waals surface area contributed by atoms with Gasteiger partial charge in [-0.1, -0.05) is 24.3 Å². The van der Waals surface area contributed by atoms with E-state index in [0.717, 1.165) is 0 Å². The number of nitrogens with zero attached hydrogens (tertiary/aromatic N) is 4. The number of H-pyrrole nitrogens is 1. The molecule has 132 valence electrons. The lowest BCUT2D eigenvalue weighted by atomic mass is 10.2. The summed E-state index contributed by atoms with van der Waals surface area (Å²) in [5.74, 6) is 1.32. The van der Waals surface area contributed by atoms with Crippen molar-refractivity contribution < 1.29 is 9.53 Å². The molecule has 0 spiro atoms. The Kier molecular flexibility index (Phi) is 4.52. The Morgan fingerprint density at radius 1 is 0.963 bits per heavy atom. The lowest BCUT2D eigenvalue weighted by Gasteiger charge is -2.05. The maximum absolute atomic E-state index is 12.3. The van der Waals surface area contributed by atoms with Crippen molar-refractivity contribution in [2.75, 3.05) is 5.32 Å². The lowest BCUT2D eigenvalue weighted by Crippen LogP contribution is -2.13. The standard InChI is InChI=1S/C19H14N6O2/c26-18(23-19-22-17(24-25-19)15-8-4-5-11-20-15)13-9-10-16(21-12-13)27-14-6-2-1-3-7-14/h1-12H,(H2,22,23,24,25,26). The van der Waals surface area contributed by atoms with Crippen molar-refractivity contribution >= 4 is 11.9 Å². The number of para-hydroxylation sites is 1. The van der Waals surface area contributed by atoms with Gasteiger partial charge in [0.25, 0.3) is 5.91 Å². The summed E-state index contributed by atoms with van der Waals surface area (Å²) in [5, 5.41) is 9.34. The summed E-state index contributed by atoms with van der Waals surface area (Å²) in [6.45, 7) is 0. The normalized spacial score (nSPS) is 10.4. The summed E-state index contributed by atoms with van der Waals surface area (Å²) in [7, 11) is 0. The van der Waals surface area contributed by atoms with Crippen molar-refractivity contribution in [3.8, 4) is 23.1 Å². The van der Waals surface area contributed by atoms with Crippen LogP contribution in [-0.2, 0) is 0 Å². The Morgan fingerprint density at radius 3 is 2.56 bits per heavy atom. The highest BCUT2D eigenvalue weighted by Crippen LogP contribution is 2.19. The van der Waals surface area contributed by atoms with Gasteiger partial charge >= 0.3 is 0 Å². The van der Waals surface area contributed by atoms with E-state index in [1.807, 2.05) is 36.4 Å². The summed E-state index contributed by atoms with van der Waals surface area (Å²) < 4.78 is 5.60. The fourth-order valence-electron chi connectivity index (χ4n) is 2.29. The molecule has 27 heavy (non-hydrogen) atoms. The van der Waals surface area contributed by atoms with E-state index < -0.39 is 0 Å². The summed E-state index contributed by atoms with van der Waals surface area (Å²) in [5.41, 5.74) is 0.995. The fraction of sp³-hybridized carbons (Fsp3) is 0. The van der Waals surface area contributed by atoms with Gasteiger partial charge in [0.05, 0.1) is 5.56 Å². The summed E-state index contributed by atoms with van der Waals surface area (Å²) in [6.07, 6.45) is 3.08. The second-order valence-corrected chi connectivity index (χ2v) is 5.48. The van der Waals surface area contributed by atoms with E-state index in [9.17, 15) is 4.79 Å². The van der Waals surface area contributed by atoms with Gasteiger partial charge in [-0.3, -0.25) is 20.2 Å². The Balaban J connectivity index is 1.42. The molecule has 3 aromatic heterocycles. The summed E-state index contributed by atoms with van der Waals surface area (Å²) >= 11 is 0. The summed E-state index contributed by atoms with van der Waals surface area (Å²) in [6, 6.07) is 18.0. The van der Waals surface area contributed by atoms with Crippen molar-refractivity contribution in [3.63, 3.8) is 0 Å². The maximum atomic E-state index is 12.3. The van der Waals surface area contributed by atoms with Crippen molar-refractivity contribution in [1.82, 2.24) is 25.1 Å². The average Bonchev–Trinajstić information content (AvgIpc) is 3.18. The molecule has 0 unspecified atom stereocenters. The van der Waals surface area contributed by atoms with Crippen LogP contribution in [0, 0.1) is 0 Å². The van der Waals surface area contributed by atoms with Crippen LogP contribution in [0.25, 0.3) is 11.5 Å². The molecule has 0 saturated heterocycles. The molecule has 0 aliphatic rings. The molecule has 0 aliphatic heterocycles. The Bertz CT molecular complexity index is 1030. The van der Waals surface area contributed by atoms with Gasteiger partial charge in [0.2, 0.25) is 11.8 Å². The average molecular weight is 358 g/mol. The van der Waals surface area contributed by atoms with E-state index in [-0.39, 0.29) is 11.9 Å². The van der Waals surface area contributed by atoms with Crippen LogP contribution < -0.4 is 10.1 Å². The van der Waals surface area contributed by atoms with E-state index in [2.05, 4.69) is 30.5 Å². The first-order chi connectivity index (χ1) is 13.3. The van der Waals surface area contributed by atoms with Gasteiger partial charge in [-0.25, -0.2) is 4.98 Å². The third kappa shape index (κ3) is 3.96. The molecule has 3 heterocycles. The number of hydrogen-bond acceptors (Lipinski definition) is 6. The number of hydrogen-bond donors (Lipinski definition) is 2. The quantitative estimate of drug-likeness (QED) is 0.567. The van der Waals surface area contributed by atoms with Crippen LogP contribution in [0.2, 0.25) is 0 Å². The number of carbonyl (C=O) groups excluding carboxylic acids is 1. The highest BCUT2D eigenvalue weighted by atomic mass is 16.5. The zero-order chi connectivity index (χ0) is 18.5. The minimum Gasteiger partial charge on any atom is -0.439 e. The number of ether oxygens (including phenoxy) is 1. The van der Waals surface area contributed by atoms with E-state index in [0.29, 0.717) is 28.7 Å². The number of rotatable bonds is 5. The predicted molar refractivity (Wildman–Crippen MR) is 98.3 cm³/mol. The van der Waals surface area contributed by atoms with Crippen molar-refractivity contribution in [2.45, 2.75) is 0 Å². The monoisotopic (exact) mass is 358 g/mol. The largest absolute Gasteiger partial charge is 0.439 e. The van der Waals surface area contributed by atoms with Crippen LogP contribution in [0.5, 0.6) is 11.6 Å². The second kappa shape index (κ2) is 7.44. The SMILES string of the molecule is O=C(Nc1n[nH]c(-c2ccccn2)n1)c1ccc(Oc2ccccc2)nc1. The maximum Gasteiger partial charge on any atom is 0.259 e. The lowest BCUT2D eigenvalue weighted by molar-refractivity contribution is 0.102. The third-order valence-corrected chi connectivity index (χ3v) is 3.58. The number of nitrogens with one attached hydrogen (secondary N) is 2. The highest BCUT2D eigenvalue weighted by molar-refractivity contribution is 6.03. The molecule has 0 aliphatic carbocycles. The molecule has 1 amide bonds. The number of carbonyl (C=O) groups is 1. The van der Waals surface area contributed by atoms with E-state index >= 15 is 0 Å². The Hall–Kier alpha value is -4.07. The van der Waals surface area contributed by atoms with Gasteiger partial charge in [-0.05, 0) is 30.3 Å². The van der Waals surface area contributed by atoms with Crippen LogP contribution in [0.3, 0.4) is 0 Å². The first-order valence-electron chi connectivity index (χ1n) is 8.12. The Labute approximate surface area is 154 Å². The molecule has 4 aromatic rings. The molecule has 1 aromatic carbocycles. The molecule has 4 rings (SSSR count). The van der Waals surface area contributed by atoms with Gasteiger partial charge in [0.1, 0.15) is 11.4 Å². The molecule has 0 saturated carbocycles. The van der Waals surface area contributed by atoms with Crippen LogP contribution >= 0.6 is 0 Å². The van der Waals surface area contributed by atoms with E-state index in [1.165, 1.54) is 6.20 Å². The van der Waals surface area contributed by atoms with Gasteiger partial charge in [-0.2, -0.15) is 4.98 Å². The number of pyridine rings is 2. The van der Waals surface area contributed by atoms with Crippen molar-refractivity contribution in [3.05, 3.63) is 78.6 Å². The molecule has 8 nitrogen and oxygen atoms in total. The molecule has 0 fully saturated rings. The zero-order valence-corrected chi connectivity index (χ0v) is 14.0. The Morgan fingerprint density at radius 2 is 1.81 bits per heavy atom. The molecule has 2 N–H and O–H groups in total. The van der Waals surface area contributed by atoms with Crippen LogP contribution in [0.4, 0.5) is 5.95 Å². The van der Waals surface area contributed by atoms with Crippen molar-refractivity contribution in [2.24, 2.45) is 0 Å². The molecular formula is C19H14N6O2. The number of anilines is 1.